The Morgan fingerprint density at radius 3 is 2.32 bits per heavy atom. The van der Waals surface area contributed by atoms with Crippen molar-refractivity contribution < 1.29 is 26.4 Å². The van der Waals surface area contributed by atoms with Gasteiger partial charge in [-0.3, -0.25) is 9.71 Å². The van der Waals surface area contributed by atoms with Gasteiger partial charge in [-0.1, -0.05) is 37.3 Å². The summed E-state index contributed by atoms with van der Waals surface area (Å²) in [5.41, 5.74) is 0.185. The molecule has 2 aromatic heterocycles. The van der Waals surface area contributed by atoms with E-state index in [2.05, 4.69) is 14.4 Å². The molecule has 214 valence electrons. The Morgan fingerprint density at radius 1 is 0.951 bits per heavy atom. The number of nitrogens with one attached hydrogen (secondary N) is 2. The highest BCUT2D eigenvalue weighted by molar-refractivity contribution is 7.92. The minimum atomic E-state index is -3.91. The fourth-order valence-corrected chi connectivity index (χ4v) is 7.11. The van der Waals surface area contributed by atoms with Crippen molar-refractivity contribution in [2.45, 2.75) is 47.9 Å². The third kappa shape index (κ3) is 6.34. The van der Waals surface area contributed by atoms with Crippen molar-refractivity contribution in [1.82, 2.24) is 9.71 Å². The van der Waals surface area contributed by atoms with Gasteiger partial charge >= 0.3 is 5.63 Å². The smallest absolute Gasteiger partial charge is 0.343 e. The summed E-state index contributed by atoms with van der Waals surface area (Å²) >= 11 is 0. The highest BCUT2D eigenvalue weighted by Gasteiger charge is 2.38. The fraction of sp³-hybridized carbons (Fsp3) is 0.241. The Balaban J connectivity index is 1.46. The molecule has 1 aliphatic rings. The number of anilines is 1. The zero-order valence-corrected chi connectivity index (χ0v) is 23.7. The zero-order chi connectivity index (χ0) is 29.2. The van der Waals surface area contributed by atoms with Crippen LogP contribution in [0.15, 0.2) is 104 Å². The molecular formula is C29H29N3O7S2. The monoisotopic (exact) mass is 595 g/mol. The van der Waals surface area contributed by atoms with Gasteiger partial charge in [0.15, 0.2) is 0 Å². The van der Waals surface area contributed by atoms with Gasteiger partial charge in [-0.25, -0.2) is 26.4 Å². The molecule has 0 bridgehead atoms. The topological polar surface area (TPSA) is 156 Å². The maximum absolute atomic E-state index is 13.3. The van der Waals surface area contributed by atoms with E-state index < -0.39 is 37.6 Å². The maximum atomic E-state index is 13.3. The molecule has 2 aromatic carbocycles. The predicted octanol–water partition coefficient (Wildman–Crippen LogP) is 4.51. The molecule has 41 heavy (non-hydrogen) atoms. The van der Waals surface area contributed by atoms with Crippen molar-refractivity contribution in [3.05, 3.63) is 112 Å². The van der Waals surface area contributed by atoms with E-state index in [1.807, 2.05) is 0 Å². The molecule has 1 fully saturated rings. The van der Waals surface area contributed by atoms with E-state index in [0.29, 0.717) is 11.3 Å². The van der Waals surface area contributed by atoms with Crippen molar-refractivity contribution in [3.8, 4) is 5.75 Å². The van der Waals surface area contributed by atoms with Gasteiger partial charge in [0.2, 0.25) is 10.0 Å². The molecule has 0 radical (unpaired) electrons. The number of aromatic nitrogens is 1. The Hall–Kier alpha value is -4.00. The van der Waals surface area contributed by atoms with Gasteiger partial charge in [-0.2, -0.15) is 0 Å². The summed E-state index contributed by atoms with van der Waals surface area (Å²) in [5, 5.41) is 11.1. The lowest BCUT2D eigenvalue weighted by atomic mass is 9.87. The lowest BCUT2D eigenvalue weighted by Gasteiger charge is -2.21. The third-order valence-electron chi connectivity index (χ3n) is 6.94. The maximum Gasteiger partial charge on any atom is 0.343 e. The SMILES string of the molecule is CCC(NS(=O)(=O)c1ccccc1)c1cc(O)c(C(c2cccc(NS(=O)(=O)c3cccnc3)c2)C2CC2)c(=O)o1. The summed E-state index contributed by atoms with van der Waals surface area (Å²) in [6.45, 7) is 1.73. The summed E-state index contributed by atoms with van der Waals surface area (Å²) in [5.74, 6) is -0.833. The molecule has 0 spiro atoms. The van der Waals surface area contributed by atoms with E-state index in [1.54, 1.807) is 49.4 Å². The Morgan fingerprint density at radius 2 is 1.68 bits per heavy atom. The van der Waals surface area contributed by atoms with E-state index in [4.69, 9.17) is 4.42 Å². The van der Waals surface area contributed by atoms with E-state index in [-0.39, 0.29) is 39.2 Å². The van der Waals surface area contributed by atoms with E-state index in [0.717, 1.165) is 12.8 Å². The summed E-state index contributed by atoms with van der Waals surface area (Å²) in [6.07, 6.45) is 4.60. The molecule has 10 nitrogen and oxygen atoms in total. The van der Waals surface area contributed by atoms with Crippen molar-refractivity contribution in [3.63, 3.8) is 0 Å². The molecule has 5 rings (SSSR count). The van der Waals surface area contributed by atoms with Crippen molar-refractivity contribution in [2.24, 2.45) is 5.92 Å². The van der Waals surface area contributed by atoms with Gasteiger partial charge in [-0.15, -0.1) is 0 Å². The van der Waals surface area contributed by atoms with Crippen LogP contribution in [-0.2, 0) is 20.0 Å². The van der Waals surface area contributed by atoms with Gasteiger partial charge in [-0.05, 0) is 67.1 Å². The van der Waals surface area contributed by atoms with E-state index in [1.165, 1.54) is 42.7 Å². The molecule has 0 aliphatic heterocycles. The normalized spacial score (nSPS) is 15.2. The average Bonchev–Trinajstić information content (AvgIpc) is 3.80. The average molecular weight is 596 g/mol. The molecule has 1 aliphatic carbocycles. The molecule has 2 unspecified atom stereocenters. The second-order valence-electron chi connectivity index (χ2n) is 9.87. The van der Waals surface area contributed by atoms with Gasteiger partial charge in [0.25, 0.3) is 10.0 Å². The van der Waals surface area contributed by atoms with Gasteiger partial charge in [0, 0.05) is 30.1 Å². The van der Waals surface area contributed by atoms with Crippen LogP contribution in [0.5, 0.6) is 5.75 Å². The first-order valence-electron chi connectivity index (χ1n) is 13.1. The first-order valence-corrected chi connectivity index (χ1v) is 16.0. The molecule has 4 aromatic rings. The molecule has 2 heterocycles. The largest absolute Gasteiger partial charge is 0.507 e. The van der Waals surface area contributed by atoms with Crippen LogP contribution in [0.4, 0.5) is 5.69 Å². The first-order chi connectivity index (χ1) is 19.6. The minimum absolute atomic E-state index is 0.00592. The number of pyridine rings is 1. The fourth-order valence-electron chi connectivity index (χ4n) is 4.78. The highest BCUT2D eigenvalue weighted by Crippen LogP contribution is 2.48. The van der Waals surface area contributed by atoms with Crippen molar-refractivity contribution in [1.29, 1.82) is 0 Å². The van der Waals surface area contributed by atoms with Crippen LogP contribution in [0, 0.1) is 5.92 Å². The van der Waals surface area contributed by atoms with Crippen LogP contribution in [-0.4, -0.2) is 26.9 Å². The van der Waals surface area contributed by atoms with Crippen LogP contribution in [0.2, 0.25) is 0 Å². The lowest BCUT2D eigenvalue weighted by molar-refractivity contribution is 0.373. The Labute approximate surface area is 238 Å². The number of sulfonamides is 2. The van der Waals surface area contributed by atoms with Crippen LogP contribution in [0.25, 0.3) is 0 Å². The number of rotatable bonds is 11. The molecule has 2 atom stereocenters. The van der Waals surface area contributed by atoms with Gasteiger partial charge in [0.1, 0.15) is 16.4 Å². The van der Waals surface area contributed by atoms with Crippen LogP contribution < -0.4 is 15.1 Å². The van der Waals surface area contributed by atoms with Gasteiger partial charge < -0.3 is 9.52 Å². The predicted molar refractivity (Wildman–Crippen MR) is 152 cm³/mol. The highest BCUT2D eigenvalue weighted by atomic mass is 32.2. The summed E-state index contributed by atoms with van der Waals surface area (Å²) in [4.78, 5) is 17.3. The molecule has 0 amide bonds. The summed E-state index contributed by atoms with van der Waals surface area (Å²) in [6, 6.07) is 17.8. The van der Waals surface area contributed by atoms with Crippen LogP contribution >= 0.6 is 0 Å². The van der Waals surface area contributed by atoms with Crippen molar-refractivity contribution >= 4 is 25.7 Å². The second kappa shape index (κ2) is 11.5. The quantitative estimate of drug-likeness (QED) is 0.229. The standard InChI is InChI=1S/C29H29N3O7S2/c1-2-24(32-40(35,36)22-10-4-3-5-11-22)26-17-25(33)28(29(34)39-26)27(19-13-14-19)20-8-6-9-21(16-20)31-41(37,38)23-12-7-15-30-18-23/h3-12,15-19,24,27,31-33H,2,13-14H2,1H3. The lowest BCUT2D eigenvalue weighted by Crippen LogP contribution is -2.29. The molecule has 3 N–H and O–H groups in total. The summed E-state index contributed by atoms with van der Waals surface area (Å²) in [7, 11) is -7.80. The number of nitrogens with zero attached hydrogens (tertiary/aromatic N) is 1. The minimum Gasteiger partial charge on any atom is -0.507 e. The third-order valence-corrected chi connectivity index (χ3v) is 9.79. The second-order valence-corrected chi connectivity index (χ2v) is 13.3. The molecule has 1 saturated carbocycles. The number of benzene rings is 2. The first kappa shape index (κ1) is 28.5. The van der Waals surface area contributed by atoms with E-state index >= 15 is 0 Å². The molecule has 0 saturated heterocycles. The summed E-state index contributed by atoms with van der Waals surface area (Å²) < 4.78 is 62.1. The van der Waals surface area contributed by atoms with Crippen molar-refractivity contribution in [2.75, 3.05) is 4.72 Å². The molecule has 12 heteroatoms. The zero-order valence-electron chi connectivity index (χ0n) is 22.1. The van der Waals surface area contributed by atoms with Crippen LogP contribution in [0.3, 0.4) is 0 Å². The number of aromatic hydroxyl groups is 1. The van der Waals surface area contributed by atoms with E-state index in [9.17, 15) is 26.7 Å². The Bertz CT molecular complexity index is 1810. The van der Waals surface area contributed by atoms with Gasteiger partial charge in [0.05, 0.1) is 16.5 Å². The number of hydrogen-bond acceptors (Lipinski definition) is 8. The Kier molecular flexibility index (Phi) is 7.98. The molecular weight excluding hydrogens is 566 g/mol. The number of hydrogen-bond donors (Lipinski definition) is 3. The van der Waals surface area contributed by atoms with Crippen LogP contribution in [0.1, 0.15) is 55.0 Å².